The van der Waals surface area contributed by atoms with Crippen LogP contribution in [0.3, 0.4) is 0 Å². The Hall–Kier alpha value is -1.55. The number of aryl methyl sites for hydroxylation is 2. The van der Waals surface area contributed by atoms with Crippen LogP contribution in [0.15, 0.2) is 24.5 Å². The monoisotopic (exact) mass is 279 g/mol. The van der Waals surface area contributed by atoms with Gasteiger partial charge in [-0.05, 0) is 19.4 Å². The highest BCUT2D eigenvalue weighted by atomic mass is 35.5. The summed E-state index contributed by atoms with van der Waals surface area (Å²) in [6, 6.07) is 6.01. The molecular weight excluding hydrogens is 262 g/mol. The second-order valence-electron chi connectivity index (χ2n) is 4.43. The van der Waals surface area contributed by atoms with Crippen molar-refractivity contribution in [3.63, 3.8) is 0 Å². The van der Waals surface area contributed by atoms with E-state index in [1.807, 2.05) is 29.8 Å². The molecule has 0 radical (unpaired) electrons. The Balaban J connectivity index is 2.07. The minimum atomic E-state index is 0.410. The highest BCUT2D eigenvalue weighted by Gasteiger charge is 2.07. The van der Waals surface area contributed by atoms with Crippen LogP contribution in [0.25, 0.3) is 0 Å². The van der Waals surface area contributed by atoms with Gasteiger partial charge in [-0.2, -0.15) is 5.10 Å². The van der Waals surface area contributed by atoms with Crippen LogP contribution in [0, 0.1) is 6.92 Å². The average Bonchev–Trinajstić information content (AvgIpc) is 2.85. The highest BCUT2D eigenvalue weighted by molar-refractivity contribution is 6.17. The molecule has 19 heavy (non-hydrogen) atoms. The van der Waals surface area contributed by atoms with E-state index in [0.717, 1.165) is 30.1 Å². The number of ether oxygens (including phenoxy) is 1. The van der Waals surface area contributed by atoms with Gasteiger partial charge in [0.05, 0.1) is 5.88 Å². The van der Waals surface area contributed by atoms with Gasteiger partial charge in [-0.15, -0.1) is 11.6 Å². The minimum Gasteiger partial charge on any atom is -0.485 e. The van der Waals surface area contributed by atoms with E-state index in [1.54, 1.807) is 6.33 Å². The van der Waals surface area contributed by atoms with Crippen LogP contribution in [0.2, 0.25) is 0 Å². The molecule has 0 saturated heterocycles. The predicted molar refractivity (Wildman–Crippen MR) is 75.4 cm³/mol. The van der Waals surface area contributed by atoms with Crippen LogP contribution in [-0.4, -0.2) is 14.8 Å². The summed E-state index contributed by atoms with van der Waals surface area (Å²) in [4.78, 5) is 4.22. The molecule has 1 aromatic heterocycles. The predicted octanol–water partition coefficient (Wildman–Crippen LogP) is 3.31. The topological polar surface area (TPSA) is 39.9 Å². The van der Waals surface area contributed by atoms with Crippen LogP contribution in [0.4, 0.5) is 0 Å². The summed E-state index contributed by atoms with van der Waals surface area (Å²) in [6.07, 6.45) is 2.58. The quantitative estimate of drug-likeness (QED) is 0.762. The van der Waals surface area contributed by atoms with Crippen molar-refractivity contribution in [3.05, 3.63) is 41.5 Å². The maximum Gasteiger partial charge on any atom is 0.164 e. The summed E-state index contributed by atoms with van der Waals surface area (Å²) >= 11 is 5.93. The highest BCUT2D eigenvalue weighted by Crippen LogP contribution is 2.22. The number of hydrogen-bond donors (Lipinski definition) is 0. The molecular formula is C14H18ClN3O. The number of alkyl halides is 1. The van der Waals surface area contributed by atoms with Crippen molar-refractivity contribution in [2.24, 2.45) is 0 Å². The zero-order chi connectivity index (χ0) is 13.7. The Morgan fingerprint density at radius 2 is 2.21 bits per heavy atom. The largest absolute Gasteiger partial charge is 0.485 e. The molecule has 5 heteroatoms. The second kappa shape index (κ2) is 6.57. The Morgan fingerprint density at radius 3 is 2.95 bits per heavy atom. The van der Waals surface area contributed by atoms with E-state index in [4.69, 9.17) is 16.3 Å². The van der Waals surface area contributed by atoms with Crippen LogP contribution in [0.5, 0.6) is 5.75 Å². The molecule has 0 saturated carbocycles. The van der Waals surface area contributed by atoms with E-state index < -0.39 is 0 Å². The van der Waals surface area contributed by atoms with Gasteiger partial charge in [0.25, 0.3) is 0 Å². The maximum atomic E-state index is 5.93. The van der Waals surface area contributed by atoms with Crippen molar-refractivity contribution in [1.82, 2.24) is 14.8 Å². The number of rotatable bonds is 6. The molecule has 0 aliphatic carbocycles. The lowest BCUT2D eigenvalue weighted by molar-refractivity contribution is 0.284. The zero-order valence-electron chi connectivity index (χ0n) is 11.3. The molecule has 0 atom stereocenters. The second-order valence-corrected chi connectivity index (χ2v) is 4.70. The zero-order valence-corrected chi connectivity index (χ0v) is 12.0. The molecule has 102 valence electrons. The van der Waals surface area contributed by atoms with E-state index in [-0.39, 0.29) is 0 Å². The fourth-order valence-electron chi connectivity index (χ4n) is 1.89. The van der Waals surface area contributed by atoms with Crippen molar-refractivity contribution in [1.29, 1.82) is 0 Å². The van der Waals surface area contributed by atoms with Gasteiger partial charge in [-0.3, -0.25) is 0 Å². The number of hydrogen-bond acceptors (Lipinski definition) is 3. The molecule has 0 bridgehead atoms. The molecule has 1 heterocycles. The van der Waals surface area contributed by atoms with E-state index in [2.05, 4.69) is 17.0 Å². The molecule has 1 aromatic carbocycles. The Bertz CT molecular complexity index is 539. The van der Waals surface area contributed by atoms with Crippen LogP contribution in [-0.2, 0) is 19.0 Å². The average molecular weight is 280 g/mol. The first kappa shape index (κ1) is 13.9. The summed E-state index contributed by atoms with van der Waals surface area (Å²) in [6.45, 7) is 5.41. The molecule has 0 N–H and O–H groups in total. The molecule has 0 aliphatic rings. The van der Waals surface area contributed by atoms with Gasteiger partial charge in [0.2, 0.25) is 0 Å². The smallest absolute Gasteiger partial charge is 0.164 e. The summed E-state index contributed by atoms with van der Waals surface area (Å²) in [7, 11) is 0. The number of nitrogens with zero attached hydrogens (tertiary/aromatic N) is 3. The fourth-order valence-corrected chi connectivity index (χ4v) is 2.10. The molecule has 0 aliphatic heterocycles. The molecule has 0 spiro atoms. The lowest BCUT2D eigenvalue weighted by atomic mass is 10.1. The van der Waals surface area contributed by atoms with E-state index in [0.29, 0.717) is 12.5 Å². The van der Waals surface area contributed by atoms with Crippen LogP contribution < -0.4 is 4.74 Å². The van der Waals surface area contributed by atoms with Crippen molar-refractivity contribution in [3.8, 4) is 5.75 Å². The number of halogens is 1. The molecule has 0 unspecified atom stereocenters. The van der Waals surface area contributed by atoms with Crippen LogP contribution in [0.1, 0.15) is 30.3 Å². The molecule has 4 nitrogen and oxygen atoms in total. The first-order valence-corrected chi connectivity index (χ1v) is 6.93. The van der Waals surface area contributed by atoms with E-state index in [1.165, 1.54) is 5.56 Å². The summed E-state index contributed by atoms with van der Waals surface area (Å²) < 4.78 is 7.68. The standard InChI is InChI=1S/C14H18ClN3O/c1-3-6-18-14(16-10-17-18)9-19-13-5-4-11(2)7-12(13)8-15/h4-5,7,10H,3,6,8-9H2,1-2H3. The third kappa shape index (κ3) is 3.47. The normalized spacial score (nSPS) is 10.7. The molecule has 0 amide bonds. The van der Waals surface area contributed by atoms with Gasteiger partial charge < -0.3 is 4.74 Å². The molecule has 0 fully saturated rings. The summed E-state index contributed by atoms with van der Waals surface area (Å²) in [5.74, 6) is 2.09. The third-order valence-electron chi connectivity index (χ3n) is 2.85. The number of benzene rings is 1. The van der Waals surface area contributed by atoms with Crippen molar-refractivity contribution in [2.45, 2.75) is 39.3 Å². The Labute approximate surface area is 118 Å². The van der Waals surface area contributed by atoms with Crippen LogP contribution >= 0.6 is 11.6 Å². The summed E-state index contributed by atoms with van der Waals surface area (Å²) in [5, 5.41) is 4.17. The summed E-state index contributed by atoms with van der Waals surface area (Å²) in [5.41, 5.74) is 2.18. The fraction of sp³-hybridized carbons (Fsp3) is 0.429. The molecule has 2 rings (SSSR count). The van der Waals surface area contributed by atoms with Gasteiger partial charge in [-0.25, -0.2) is 9.67 Å². The minimum absolute atomic E-state index is 0.410. The number of aromatic nitrogens is 3. The van der Waals surface area contributed by atoms with Crippen molar-refractivity contribution >= 4 is 11.6 Å². The lowest BCUT2D eigenvalue weighted by Gasteiger charge is -2.11. The molecule has 2 aromatic rings. The third-order valence-corrected chi connectivity index (χ3v) is 3.14. The van der Waals surface area contributed by atoms with Gasteiger partial charge in [0.15, 0.2) is 5.82 Å². The van der Waals surface area contributed by atoms with Gasteiger partial charge >= 0.3 is 0 Å². The van der Waals surface area contributed by atoms with Gasteiger partial charge in [0.1, 0.15) is 18.7 Å². The SMILES string of the molecule is CCCn1ncnc1COc1ccc(C)cc1CCl. The van der Waals surface area contributed by atoms with Crippen molar-refractivity contribution < 1.29 is 4.74 Å². The maximum absolute atomic E-state index is 5.93. The van der Waals surface area contributed by atoms with Gasteiger partial charge in [0, 0.05) is 12.1 Å². The van der Waals surface area contributed by atoms with Crippen molar-refractivity contribution in [2.75, 3.05) is 0 Å². The van der Waals surface area contributed by atoms with Gasteiger partial charge in [-0.1, -0.05) is 24.6 Å². The van der Waals surface area contributed by atoms with E-state index in [9.17, 15) is 0 Å². The first-order chi connectivity index (χ1) is 9.24. The Kier molecular flexibility index (Phi) is 4.80. The Morgan fingerprint density at radius 1 is 1.37 bits per heavy atom. The van der Waals surface area contributed by atoms with E-state index >= 15 is 0 Å². The lowest BCUT2D eigenvalue weighted by Crippen LogP contribution is -2.09. The first-order valence-electron chi connectivity index (χ1n) is 6.39.